The molecule has 2 aromatic rings. The zero-order chi connectivity index (χ0) is 14.7. The van der Waals surface area contributed by atoms with Gasteiger partial charge in [-0.1, -0.05) is 6.92 Å². The number of pyridine rings is 1. The van der Waals surface area contributed by atoms with E-state index in [1.165, 1.54) is 11.1 Å². The lowest BCUT2D eigenvalue weighted by Crippen LogP contribution is -2.31. The molecule has 3 N–H and O–H groups in total. The molecule has 0 amide bonds. The van der Waals surface area contributed by atoms with Gasteiger partial charge in [0.25, 0.3) is 0 Å². The summed E-state index contributed by atoms with van der Waals surface area (Å²) in [6.07, 6.45) is 5.42. The SMILES string of the molecule is CCc1cnccc1C(Cc1c(Br)c(C)nn1C)NN. The van der Waals surface area contributed by atoms with Gasteiger partial charge in [-0.3, -0.25) is 20.9 Å². The molecule has 0 aliphatic heterocycles. The molecule has 5 nitrogen and oxygen atoms in total. The first-order valence-corrected chi connectivity index (χ1v) is 7.44. The Morgan fingerprint density at radius 2 is 2.25 bits per heavy atom. The van der Waals surface area contributed by atoms with Crippen molar-refractivity contribution in [3.05, 3.63) is 45.4 Å². The van der Waals surface area contributed by atoms with Gasteiger partial charge in [0.1, 0.15) is 0 Å². The Bertz CT molecular complexity index is 593. The summed E-state index contributed by atoms with van der Waals surface area (Å²) in [5.74, 6) is 5.77. The number of hydrogen-bond acceptors (Lipinski definition) is 4. The van der Waals surface area contributed by atoms with Crippen molar-refractivity contribution in [2.45, 2.75) is 32.7 Å². The molecule has 0 aliphatic carbocycles. The minimum Gasteiger partial charge on any atom is -0.271 e. The Balaban J connectivity index is 2.34. The minimum absolute atomic E-state index is 0.0408. The quantitative estimate of drug-likeness (QED) is 0.648. The molecular weight excluding hydrogens is 318 g/mol. The monoisotopic (exact) mass is 337 g/mol. The summed E-state index contributed by atoms with van der Waals surface area (Å²) < 4.78 is 2.95. The highest BCUT2D eigenvalue weighted by atomic mass is 79.9. The Labute approximate surface area is 127 Å². The molecule has 1 atom stereocenters. The summed E-state index contributed by atoms with van der Waals surface area (Å²) in [6.45, 7) is 4.11. The first-order valence-electron chi connectivity index (χ1n) is 6.65. The summed E-state index contributed by atoms with van der Waals surface area (Å²) in [7, 11) is 1.95. The number of rotatable bonds is 5. The number of aromatic nitrogens is 3. The Morgan fingerprint density at radius 1 is 1.50 bits per heavy atom. The van der Waals surface area contributed by atoms with Crippen LogP contribution in [0.25, 0.3) is 0 Å². The van der Waals surface area contributed by atoms with Gasteiger partial charge in [-0.25, -0.2) is 0 Å². The van der Waals surface area contributed by atoms with Crippen LogP contribution in [0, 0.1) is 6.92 Å². The fourth-order valence-electron chi connectivity index (χ4n) is 2.43. The number of nitrogens with two attached hydrogens (primary N) is 1. The summed E-state index contributed by atoms with van der Waals surface area (Å²) in [4.78, 5) is 4.18. The highest BCUT2D eigenvalue weighted by molar-refractivity contribution is 9.10. The largest absolute Gasteiger partial charge is 0.271 e. The molecule has 20 heavy (non-hydrogen) atoms. The molecule has 0 radical (unpaired) electrons. The van der Waals surface area contributed by atoms with Gasteiger partial charge in [0.2, 0.25) is 0 Å². The van der Waals surface area contributed by atoms with Gasteiger partial charge < -0.3 is 0 Å². The zero-order valence-corrected chi connectivity index (χ0v) is 13.6. The first-order chi connectivity index (χ1) is 9.58. The van der Waals surface area contributed by atoms with Gasteiger partial charge in [0, 0.05) is 25.9 Å². The number of nitrogens with one attached hydrogen (secondary N) is 1. The average molecular weight is 338 g/mol. The van der Waals surface area contributed by atoms with Crippen molar-refractivity contribution in [1.82, 2.24) is 20.2 Å². The third-order valence-electron chi connectivity index (χ3n) is 3.56. The lowest BCUT2D eigenvalue weighted by atomic mass is 9.97. The lowest BCUT2D eigenvalue weighted by Gasteiger charge is -2.19. The molecule has 0 aromatic carbocycles. The van der Waals surface area contributed by atoms with Gasteiger partial charge in [-0.15, -0.1) is 0 Å². The van der Waals surface area contributed by atoms with E-state index in [2.05, 4.69) is 38.4 Å². The Hall–Kier alpha value is -1.24. The molecule has 2 rings (SSSR count). The maximum absolute atomic E-state index is 5.77. The number of halogens is 1. The first kappa shape index (κ1) is 15.2. The van der Waals surface area contributed by atoms with Crippen LogP contribution in [0.5, 0.6) is 0 Å². The average Bonchev–Trinajstić information content (AvgIpc) is 2.70. The number of aryl methyl sites for hydroxylation is 3. The van der Waals surface area contributed by atoms with Gasteiger partial charge in [-0.05, 0) is 46.5 Å². The number of hydrazine groups is 1. The highest BCUT2D eigenvalue weighted by Crippen LogP contribution is 2.27. The van der Waals surface area contributed by atoms with Crippen LogP contribution in [-0.2, 0) is 19.9 Å². The van der Waals surface area contributed by atoms with E-state index >= 15 is 0 Å². The molecule has 0 saturated heterocycles. The van der Waals surface area contributed by atoms with Crippen molar-refractivity contribution in [3.8, 4) is 0 Å². The Kier molecular flexibility index (Phi) is 4.91. The van der Waals surface area contributed by atoms with Crippen LogP contribution in [0.2, 0.25) is 0 Å². The molecule has 0 saturated carbocycles. The molecule has 2 heterocycles. The van der Waals surface area contributed by atoms with E-state index in [4.69, 9.17) is 5.84 Å². The maximum Gasteiger partial charge on any atom is 0.0738 e. The van der Waals surface area contributed by atoms with Crippen LogP contribution in [0.3, 0.4) is 0 Å². The van der Waals surface area contributed by atoms with Crippen LogP contribution >= 0.6 is 15.9 Å². The van der Waals surface area contributed by atoms with E-state index in [9.17, 15) is 0 Å². The fraction of sp³-hybridized carbons (Fsp3) is 0.429. The minimum atomic E-state index is 0.0408. The van der Waals surface area contributed by atoms with Crippen molar-refractivity contribution >= 4 is 15.9 Å². The lowest BCUT2D eigenvalue weighted by molar-refractivity contribution is 0.525. The second-order valence-electron chi connectivity index (χ2n) is 4.82. The molecular formula is C14H20BrN5. The normalized spacial score (nSPS) is 12.7. The van der Waals surface area contributed by atoms with Crippen molar-refractivity contribution in [3.63, 3.8) is 0 Å². The third-order valence-corrected chi connectivity index (χ3v) is 4.59. The molecule has 6 heteroatoms. The highest BCUT2D eigenvalue weighted by Gasteiger charge is 2.19. The molecule has 1 unspecified atom stereocenters. The smallest absolute Gasteiger partial charge is 0.0738 e. The van der Waals surface area contributed by atoms with Crippen LogP contribution in [0.4, 0.5) is 0 Å². The van der Waals surface area contributed by atoms with Crippen molar-refractivity contribution in [2.24, 2.45) is 12.9 Å². The second-order valence-corrected chi connectivity index (χ2v) is 5.61. The molecule has 0 aliphatic rings. The summed E-state index contributed by atoms with van der Waals surface area (Å²) in [5.41, 5.74) is 7.44. The second kappa shape index (κ2) is 6.47. The summed E-state index contributed by atoms with van der Waals surface area (Å²) in [5, 5.41) is 4.42. The van der Waals surface area contributed by atoms with Crippen LogP contribution in [0.1, 0.15) is 35.5 Å². The van der Waals surface area contributed by atoms with Gasteiger partial charge in [-0.2, -0.15) is 5.10 Å². The van der Waals surface area contributed by atoms with Crippen LogP contribution in [-0.4, -0.2) is 14.8 Å². The van der Waals surface area contributed by atoms with E-state index in [-0.39, 0.29) is 6.04 Å². The predicted octanol–water partition coefficient (Wildman–Crippen LogP) is 2.20. The van der Waals surface area contributed by atoms with Crippen molar-refractivity contribution in [2.75, 3.05) is 0 Å². The predicted molar refractivity (Wildman–Crippen MR) is 83.0 cm³/mol. The van der Waals surface area contributed by atoms with E-state index in [1.54, 1.807) is 0 Å². The molecule has 0 spiro atoms. The van der Waals surface area contributed by atoms with Crippen molar-refractivity contribution < 1.29 is 0 Å². The topological polar surface area (TPSA) is 68.8 Å². The maximum atomic E-state index is 5.77. The van der Waals surface area contributed by atoms with E-state index < -0.39 is 0 Å². The van der Waals surface area contributed by atoms with E-state index in [0.29, 0.717) is 0 Å². The summed E-state index contributed by atoms with van der Waals surface area (Å²) in [6, 6.07) is 2.07. The third kappa shape index (κ3) is 2.92. The van der Waals surface area contributed by atoms with Crippen LogP contribution in [0.15, 0.2) is 22.9 Å². The van der Waals surface area contributed by atoms with Crippen LogP contribution < -0.4 is 11.3 Å². The van der Waals surface area contributed by atoms with Gasteiger partial charge in [0.05, 0.1) is 21.9 Å². The number of hydrogen-bond donors (Lipinski definition) is 2. The standard InChI is InChI=1S/C14H20BrN5/c1-4-10-8-17-6-5-11(10)12(18-16)7-13-14(15)9(2)19-20(13)3/h5-6,8,12,18H,4,7,16H2,1-3H3. The van der Waals surface area contributed by atoms with E-state index in [1.807, 2.05) is 37.1 Å². The van der Waals surface area contributed by atoms with Crippen molar-refractivity contribution in [1.29, 1.82) is 0 Å². The van der Waals surface area contributed by atoms with Gasteiger partial charge in [0.15, 0.2) is 0 Å². The number of nitrogens with zero attached hydrogens (tertiary/aromatic N) is 3. The fourth-order valence-corrected chi connectivity index (χ4v) is 2.92. The van der Waals surface area contributed by atoms with E-state index in [0.717, 1.165) is 28.7 Å². The molecule has 0 bridgehead atoms. The molecule has 2 aromatic heterocycles. The zero-order valence-electron chi connectivity index (χ0n) is 12.0. The van der Waals surface area contributed by atoms with Gasteiger partial charge >= 0.3 is 0 Å². The molecule has 0 fully saturated rings. The molecule has 108 valence electrons. The Morgan fingerprint density at radius 3 is 2.80 bits per heavy atom. The summed E-state index contributed by atoms with van der Waals surface area (Å²) >= 11 is 3.60.